The first-order valence-electron chi connectivity index (χ1n) is 8.58. The van der Waals surface area contributed by atoms with Crippen molar-refractivity contribution >= 4 is 22.4 Å². The fourth-order valence-electron chi connectivity index (χ4n) is 3.00. The molecule has 29 heavy (non-hydrogen) atoms. The monoisotopic (exact) mass is 391 g/mol. The van der Waals surface area contributed by atoms with E-state index in [1.165, 1.54) is 12.1 Å². The molecular formula is C18H13N7O4. The van der Waals surface area contributed by atoms with Crippen molar-refractivity contribution in [2.45, 2.75) is 6.61 Å². The van der Waals surface area contributed by atoms with Crippen molar-refractivity contribution in [2.24, 2.45) is 7.05 Å². The van der Waals surface area contributed by atoms with Gasteiger partial charge in [0.05, 0.1) is 16.5 Å². The third-order valence-corrected chi connectivity index (χ3v) is 4.38. The van der Waals surface area contributed by atoms with Gasteiger partial charge < -0.3 is 9.15 Å². The normalized spacial score (nSPS) is 11.3. The number of ether oxygens (including phenoxy) is 1. The van der Waals surface area contributed by atoms with Crippen LogP contribution in [0.2, 0.25) is 0 Å². The first-order chi connectivity index (χ1) is 14.1. The zero-order valence-electron chi connectivity index (χ0n) is 15.1. The van der Waals surface area contributed by atoms with E-state index in [0.29, 0.717) is 28.6 Å². The maximum atomic E-state index is 11.1. The van der Waals surface area contributed by atoms with E-state index in [-0.39, 0.29) is 18.0 Å². The Balaban J connectivity index is 1.42. The summed E-state index contributed by atoms with van der Waals surface area (Å²) in [5, 5.41) is 20.4. The van der Waals surface area contributed by atoms with E-state index in [4.69, 9.17) is 9.15 Å². The lowest BCUT2D eigenvalue weighted by Gasteiger charge is -2.04. The van der Waals surface area contributed by atoms with Crippen molar-refractivity contribution in [1.29, 1.82) is 0 Å². The lowest BCUT2D eigenvalue weighted by Crippen LogP contribution is -1.97. The molecule has 0 radical (unpaired) electrons. The molecule has 11 nitrogen and oxygen atoms in total. The highest BCUT2D eigenvalue weighted by atomic mass is 16.6. The maximum Gasteiger partial charge on any atom is 0.310 e. The van der Waals surface area contributed by atoms with Crippen LogP contribution >= 0.6 is 0 Å². The summed E-state index contributed by atoms with van der Waals surface area (Å²) in [7, 11) is 1.80. The van der Waals surface area contributed by atoms with Crippen LogP contribution in [0.25, 0.3) is 28.3 Å². The van der Waals surface area contributed by atoms with Crippen LogP contribution in [0, 0.1) is 10.1 Å². The number of nitro benzene ring substituents is 1. The summed E-state index contributed by atoms with van der Waals surface area (Å²) in [4.78, 5) is 19.4. The van der Waals surface area contributed by atoms with Crippen molar-refractivity contribution in [3.63, 3.8) is 0 Å². The van der Waals surface area contributed by atoms with Gasteiger partial charge in [0.15, 0.2) is 22.8 Å². The molecule has 0 aliphatic rings. The van der Waals surface area contributed by atoms with Gasteiger partial charge >= 0.3 is 5.69 Å². The van der Waals surface area contributed by atoms with E-state index < -0.39 is 4.92 Å². The zero-order chi connectivity index (χ0) is 20.0. The second-order valence-corrected chi connectivity index (χ2v) is 6.23. The standard InChI is InChI=1S/C18H13N7O4/c1-23-17-12(8-20-23)18-21-16(22-24(18)10-19-17)15-7-6-11(29-15)9-28-14-5-3-2-4-13(14)25(26)27/h2-8,10H,9H2,1H3. The highest BCUT2D eigenvalue weighted by molar-refractivity contribution is 5.88. The van der Waals surface area contributed by atoms with Gasteiger partial charge in [-0.15, -0.1) is 5.10 Å². The van der Waals surface area contributed by atoms with Gasteiger partial charge in [-0.1, -0.05) is 12.1 Å². The molecule has 4 aromatic heterocycles. The summed E-state index contributed by atoms with van der Waals surface area (Å²) in [5.74, 6) is 1.50. The summed E-state index contributed by atoms with van der Waals surface area (Å²) < 4.78 is 14.5. The van der Waals surface area contributed by atoms with E-state index >= 15 is 0 Å². The molecular weight excluding hydrogens is 378 g/mol. The highest BCUT2D eigenvalue weighted by Crippen LogP contribution is 2.28. The van der Waals surface area contributed by atoms with Crippen LogP contribution in [0.1, 0.15) is 5.76 Å². The number of aromatic nitrogens is 6. The molecule has 0 unspecified atom stereocenters. The number of hydrogen-bond acceptors (Lipinski definition) is 8. The van der Waals surface area contributed by atoms with Gasteiger partial charge in [-0.25, -0.2) is 14.5 Å². The summed E-state index contributed by atoms with van der Waals surface area (Å²) >= 11 is 0. The Bertz CT molecular complexity index is 1370. The predicted molar refractivity (Wildman–Crippen MR) is 100 cm³/mol. The SMILES string of the molecule is Cn1ncc2c1ncn1nc(-c3ccc(COc4ccccc4[N+](=O)[O-])o3)nc21. The molecule has 0 amide bonds. The van der Waals surface area contributed by atoms with Gasteiger partial charge in [0, 0.05) is 13.1 Å². The molecule has 0 atom stereocenters. The van der Waals surface area contributed by atoms with E-state index in [0.717, 1.165) is 5.39 Å². The molecule has 0 saturated heterocycles. The number of furan rings is 1. The Labute approximate surface area is 162 Å². The van der Waals surface area contributed by atoms with Gasteiger partial charge in [0.2, 0.25) is 5.82 Å². The Morgan fingerprint density at radius 3 is 2.93 bits per heavy atom. The third kappa shape index (κ3) is 2.84. The Hall–Kier alpha value is -4.28. The smallest absolute Gasteiger partial charge is 0.310 e. The predicted octanol–water partition coefficient (Wildman–Crippen LogP) is 2.76. The molecule has 0 fully saturated rings. The molecule has 11 heteroatoms. The van der Waals surface area contributed by atoms with Crippen molar-refractivity contribution < 1.29 is 14.1 Å². The van der Waals surface area contributed by atoms with Crippen LogP contribution in [0.5, 0.6) is 5.75 Å². The number of rotatable bonds is 5. The largest absolute Gasteiger partial charge is 0.479 e. The van der Waals surface area contributed by atoms with E-state index in [2.05, 4.69) is 20.2 Å². The average molecular weight is 391 g/mol. The van der Waals surface area contributed by atoms with Crippen LogP contribution in [-0.4, -0.2) is 34.3 Å². The number of fused-ring (bicyclic) bond motifs is 3. The van der Waals surface area contributed by atoms with Crippen LogP contribution in [0.3, 0.4) is 0 Å². The molecule has 144 valence electrons. The molecule has 4 heterocycles. The molecule has 0 aliphatic heterocycles. The summed E-state index contributed by atoms with van der Waals surface area (Å²) in [6, 6.07) is 9.62. The topological polar surface area (TPSA) is 126 Å². The minimum Gasteiger partial charge on any atom is -0.479 e. The molecule has 5 rings (SSSR count). The molecule has 0 N–H and O–H groups in total. The highest BCUT2D eigenvalue weighted by Gasteiger charge is 2.17. The van der Waals surface area contributed by atoms with E-state index in [1.807, 2.05) is 0 Å². The van der Waals surface area contributed by atoms with Gasteiger partial charge in [-0.3, -0.25) is 14.8 Å². The Morgan fingerprint density at radius 2 is 2.07 bits per heavy atom. The Morgan fingerprint density at radius 1 is 1.21 bits per heavy atom. The molecule has 0 aliphatic carbocycles. The number of nitro groups is 1. The molecule has 0 saturated carbocycles. The second-order valence-electron chi connectivity index (χ2n) is 6.23. The zero-order valence-corrected chi connectivity index (χ0v) is 15.1. The van der Waals surface area contributed by atoms with E-state index in [9.17, 15) is 10.1 Å². The van der Waals surface area contributed by atoms with Crippen LogP contribution in [0.4, 0.5) is 5.69 Å². The number of aryl methyl sites for hydroxylation is 1. The summed E-state index contributed by atoms with van der Waals surface area (Å²) in [6.45, 7) is 0.0344. The minimum atomic E-state index is -0.489. The lowest BCUT2D eigenvalue weighted by atomic mass is 10.3. The molecule has 0 bridgehead atoms. The number of para-hydroxylation sites is 2. The second kappa shape index (κ2) is 6.41. The average Bonchev–Trinajstić information content (AvgIpc) is 3.44. The molecule has 5 aromatic rings. The van der Waals surface area contributed by atoms with Crippen LogP contribution < -0.4 is 4.74 Å². The van der Waals surface area contributed by atoms with E-state index in [1.54, 1.807) is 53.0 Å². The lowest BCUT2D eigenvalue weighted by molar-refractivity contribution is -0.386. The van der Waals surface area contributed by atoms with Gasteiger partial charge in [-0.05, 0) is 18.2 Å². The van der Waals surface area contributed by atoms with Gasteiger partial charge in [-0.2, -0.15) is 5.10 Å². The van der Waals surface area contributed by atoms with Crippen molar-refractivity contribution in [3.8, 4) is 17.3 Å². The van der Waals surface area contributed by atoms with Gasteiger partial charge in [0.1, 0.15) is 18.7 Å². The molecule has 0 spiro atoms. The van der Waals surface area contributed by atoms with Crippen LogP contribution in [0.15, 0.2) is 53.3 Å². The number of hydrogen-bond donors (Lipinski definition) is 0. The molecule has 1 aromatic carbocycles. The minimum absolute atomic E-state index is 0.0344. The van der Waals surface area contributed by atoms with Crippen molar-refractivity contribution in [3.05, 3.63) is 64.8 Å². The quantitative estimate of drug-likeness (QED) is 0.331. The van der Waals surface area contributed by atoms with Gasteiger partial charge in [0.25, 0.3) is 0 Å². The first kappa shape index (κ1) is 16.9. The Kier molecular flexibility index (Phi) is 3.72. The summed E-state index contributed by atoms with van der Waals surface area (Å²) in [6.07, 6.45) is 3.25. The number of benzene rings is 1. The van der Waals surface area contributed by atoms with Crippen LogP contribution in [-0.2, 0) is 13.7 Å². The number of nitrogens with zero attached hydrogens (tertiary/aromatic N) is 7. The fraction of sp³-hybridized carbons (Fsp3) is 0.111. The first-order valence-corrected chi connectivity index (χ1v) is 8.58. The fourth-order valence-corrected chi connectivity index (χ4v) is 3.00. The third-order valence-electron chi connectivity index (χ3n) is 4.38. The summed E-state index contributed by atoms with van der Waals surface area (Å²) in [5.41, 5.74) is 1.22. The maximum absolute atomic E-state index is 11.1. The van der Waals surface area contributed by atoms with Crippen molar-refractivity contribution in [2.75, 3.05) is 0 Å². The van der Waals surface area contributed by atoms with Crippen molar-refractivity contribution in [1.82, 2.24) is 29.4 Å².